The lowest BCUT2D eigenvalue weighted by Gasteiger charge is -2.28. The molecule has 2 fully saturated rings. The van der Waals surface area contributed by atoms with Crippen LogP contribution in [0.3, 0.4) is 0 Å². The highest BCUT2D eigenvalue weighted by Crippen LogP contribution is 2.39. The minimum absolute atomic E-state index is 0.0725. The van der Waals surface area contributed by atoms with E-state index < -0.39 is 0 Å². The van der Waals surface area contributed by atoms with Crippen LogP contribution in [0.5, 0.6) is 0 Å². The van der Waals surface area contributed by atoms with Crippen molar-refractivity contribution in [3.8, 4) is 0 Å². The van der Waals surface area contributed by atoms with Gasteiger partial charge in [-0.2, -0.15) is 0 Å². The number of anilines is 2. The standard InChI is InChI=1S/C18H24N6OS/c19-24-17(13-4-5-13)21-22-18(24)26-12-16(25)20-14-6-8-15(9-7-14)23-10-2-1-3-11-23/h6-9,13H,1-5,10-12,19H2,(H,20,25). The normalized spacial score (nSPS) is 17.3. The molecular formula is C18H24N6OS. The zero-order chi connectivity index (χ0) is 17.9. The molecule has 0 unspecified atom stereocenters. The number of benzene rings is 1. The van der Waals surface area contributed by atoms with Crippen molar-refractivity contribution in [2.24, 2.45) is 0 Å². The molecule has 2 aliphatic rings. The van der Waals surface area contributed by atoms with Crippen molar-refractivity contribution in [3.05, 3.63) is 30.1 Å². The molecule has 0 atom stereocenters. The third-order valence-electron chi connectivity index (χ3n) is 4.84. The first kappa shape index (κ1) is 17.2. The molecule has 1 aliphatic carbocycles. The summed E-state index contributed by atoms with van der Waals surface area (Å²) in [5.41, 5.74) is 2.03. The number of rotatable bonds is 6. The maximum Gasteiger partial charge on any atom is 0.234 e. The average Bonchev–Trinajstić information content (AvgIpc) is 3.45. The monoisotopic (exact) mass is 372 g/mol. The quantitative estimate of drug-likeness (QED) is 0.598. The lowest BCUT2D eigenvalue weighted by molar-refractivity contribution is -0.113. The van der Waals surface area contributed by atoms with E-state index in [4.69, 9.17) is 5.84 Å². The zero-order valence-electron chi connectivity index (χ0n) is 14.7. The Morgan fingerprint density at radius 1 is 1.15 bits per heavy atom. The number of aromatic nitrogens is 3. The predicted molar refractivity (Wildman–Crippen MR) is 104 cm³/mol. The summed E-state index contributed by atoms with van der Waals surface area (Å²) >= 11 is 1.31. The maximum atomic E-state index is 12.2. The van der Waals surface area contributed by atoms with E-state index in [-0.39, 0.29) is 11.7 Å². The summed E-state index contributed by atoms with van der Waals surface area (Å²) in [5, 5.41) is 11.7. The van der Waals surface area contributed by atoms with E-state index in [9.17, 15) is 4.79 Å². The predicted octanol–water partition coefficient (Wildman–Crippen LogP) is 2.59. The van der Waals surface area contributed by atoms with Gasteiger partial charge in [0.1, 0.15) is 0 Å². The van der Waals surface area contributed by atoms with Gasteiger partial charge in [0.25, 0.3) is 0 Å². The molecule has 1 aliphatic heterocycles. The maximum absolute atomic E-state index is 12.2. The van der Waals surface area contributed by atoms with Gasteiger partial charge in [-0.15, -0.1) is 10.2 Å². The SMILES string of the molecule is Nn1c(SCC(=O)Nc2ccc(N3CCCCC3)cc2)nnc1C1CC1. The van der Waals surface area contributed by atoms with Gasteiger partial charge in [-0.3, -0.25) is 4.79 Å². The number of hydrogen-bond donors (Lipinski definition) is 2. The molecule has 0 radical (unpaired) electrons. The van der Waals surface area contributed by atoms with Crippen molar-refractivity contribution in [3.63, 3.8) is 0 Å². The van der Waals surface area contributed by atoms with Crippen LogP contribution in [0, 0.1) is 0 Å². The topological polar surface area (TPSA) is 89.1 Å². The van der Waals surface area contributed by atoms with Gasteiger partial charge < -0.3 is 16.1 Å². The summed E-state index contributed by atoms with van der Waals surface area (Å²) in [6.07, 6.45) is 6.07. The van der Waals surface area contributed by atoms with E-state index >= 15 is 0 Å². The van der Waals surface area contributed by atoms with Crippen molar-refractivity contribution in [2.45, 2.75) is 43.2 Å². The van der Waals surface area contributed by atoms with Crippen LogP contribution in [-0.4, -0.2) is 39.6 Å². The van der Waals surface area contributed by atoms with Crippen molar-refractivity contribution >= 4 is 29.0 Å². The molecule has 1 amide bonds. The molecule has 26 heavy (non-hydrogen) atoms. The third kappa shape index (κ3) is 3.95. The summed E-state index contributed by atoms with van der Waals surface area (Å²) in [6, 6.07) is 8.07. The molecule has 2 aromatic rings. The number of amides is 1. The molecule has 1 aromatic carbocycles. The highest BCUT2D eigenvalue weighted by atomic mass is 32.2. The Morgan fingerprint density at radius 2 is 1.88 bits per heavy atom. The summed E-state index contributed by atoms with van der Waals surface area (Å²) in [6.45, 7) is 2.23. The molecule has 0 bridgehead atoms. The molecule has 3 N–H and O–H groups in total. The minimum atomic E-state index is -0.0725. The largest absolute Gasteiger partial charge is 0.372 e. The third-order valence-corrected chi connectivity index (χ3v) is 5.78. The zero-order valence-corrected chi connectivity index (χ0v) is 15.5. The van der Waals surface area contributed by atoms with E-state index in [2.05, 4.69) is 32.5 Å². The molecule has 1 aromatic heterocycles. The first-order valence-electron chi connectivity index (χ1n) is 9.19. The minimum Gasteiger partial charge on any atom is -0.372 e. The number of nitrogens with zero attached hydrogens (tertiary/aromatic N) is 4. The molecule has 2 heterocycles. The number of thioether (sulfide) groups is 1. The van der Waals surface area contributed by atoms with E-state index in [0.717, 1.165) is 37.4 Å². The van der Waals surface area contributed by atoms with Crippen molar-refractivity contribution in [1.29, 1.82) is 0 Å². The van der Waals surface area contributed by atoms with Gasteiger partial charge in [0.05, 0.1) is 5.75 Å². The van der Waals surface area contributed by atoms with Crippen LogP contribution in [-0.2, 0) is 4.79 Å². The van der Waals surface area contributed by atoms with Crippen LogP contribution in [0.4, 0.5) is 11.4 Å². The van der Waals surface area contributed by atoms with Gasteiger partial charge in [0.2, 0.25) is 11.1 Å². The number of nitrogen functional groups attached to an aromatic ring is 1. The second kappa shape index (κ2) is 7.57. The van der Waals surface area contributed by atoms with E-state index in [1.807, 2.05) is 12.1 Å². The Kier molecular flexibility index (Phi) is 5.01. The number of piperidine rings is 1. The molecule has 1 saturated carbocycles. The van der Waals surface area contributed by atoms with Gasteiger partial charge in [-0.1, -0.05) is 11.8 Å². The fourth-order valence-corrected chi connectivity index (χ4v) is 3.91. The Bertz CT molecular complexity index is 764. The first-order chi connectivity index (χ1) is 12.7. The van der Waals surface area contributed by atoms with Gasteiger partial charge in [-0.25, -0.2) is 4.68 Å². The van der Waals surface area contributed by atoms with Gasteiger partial charge in [0, 0.05) is 30.4 Å². The van der Waals surface area contributed by atoms with Crippen molar-refractivity contribution in [2.75, 3.05) is 34.9 Å². The Labute approximate surface area is 157 Å². The Morgan fingerprint density at radius 3 is 2.58 bits per heavy atom. The first-order valence-corrected chi connectivity index (χ1v) is 10.2. The molecule has 0 spiro atoms. The Balaban J connectivity index is 1.29. The van der Waals surface area contributed by atoms with Crippen LogP contribution < -0.4 is 16.1 Å². The fraction of sp³-hybridized carbons (Fsp3) is 0.500. The lowest BCUT2D eigenvalue weighted by Crippen LogP contribution is -2.29. The molecule has 1 saturated heterocycles. The van der Waals surface area contributed by atoms with Gasteiger partial charge in [-0.05, 0) is 56.4 Å². The second-order valence-electron chi connectivity index (χ2n) is 6.92. The molecule has 7 nitrogen and oxygen atoms in total. The number of nitrogens with one attached hydrogen (secondary N) is 1. The van der Waals surface area contributed by atoms with E-state index in [1.54, 1.807) is 0 Å². The van der Waals surface area contributed by atoms with Crippen LogP contribution >= 0.6 is 11.8 Å². The summed E-state index contributed by atoms with van der Waals surface area (Å²) < 4.78 is 1.52. The van der Waals surface area contributed by atoms with E-state index in [1.165, 1.54) is 41.4 Å². The summed E-state index contributed by atoms with van der Waals surface area (Å²) in [4.78, 5) is 14.6. The van der Waals surface area contributed by atoms with Gasteiger partial charge >= 0.3 is 0 Å². The molecular weight excluding hydrogens is 348 g/mol. The smallest absolute Gasteiger partial charge is 0.234 e. The number of carbonyl (C=O) groups is 1. The molecule has 138 valence electrons. The van der Waals surface area contributed by atoms with Crippen LogP contribution in [0.25, 0.3) is 0 Å². The fourth-order valence-electron chi connectivity index (χ4n) is 3.24. The number of hydrogen-bond acceptors (Lipinski definition) is 6. The second-order valence-corrected chi connectivity index (χ2v) is 7.86. The number of carbonyl (C=O) groups excluding carboxylic acids is 1. The highest BCUT2D eigenvalue weighted by Gasteiger charge is 2.30. The van der Waals surface area contributed by atoms with Crippen molar-refractivity contribution in [1.82, 2.24) is 14.9 Å². The lowest BCUT2D eigenvalue weighted by atomic mass is 10.1. The summed E-state index contributed by atoms with van der Waals surface area (Å²) in [7, 11) is 0. The Hall–Kier alpha value is -2.22. The van der Waals surface area contributed by atoms with Crippen molar-refractivity contribution < 1.29 is 4.79 Å². The average molecular weight is 372 g/mol. The van der Waals surface area contributed by atoms with Gasteiger partial charge in [0.15, 0.2) is 5.82 Å². The highest BCUT2D eigenvalue weighted by molar-refractivity contribution is 7.99. The molecule has 8 heteroatoms. The van der Waals surface area contributed by atoms with Crippen LogP contribution in [0.1, 0.15) is 43.8 Å². The summed E-state index contributed by atoms with van der Waals surface area (Å²) in [5.74, 6) is 7.45. The van der Waals surface area contributed by atoms with Crippen LogP contribution in [0.2, 0.25) is 0 Å². The number of nitrogens with two attached hydrogens (primary N) is 1. The van der Waals surface area contributed by atoms with Crippen LogP contribution in [0.15, 0.2) is 29.4 Å². The molecule has 4 rings (SSSR count). The van der Waals surface area contributed by atoms with E-state index in [0.29, 0.717) is 11.1 Å².